The molecule has 3 aromatic heterocycles. The summed E-state index contributed by atoms with van der Waals surface area (Å²) in [6.07, 6.45) is 1.68. The zero-order valence-electron chi connectivity index (χ0n) is 15.5. The van der Waals surface area contributed by atoms with Crippen molar-refractivity contribution in [3.8, 4) is 11.5 Å². The van der Waals surface area contributed by atoms with E-state index in [4.69, 9.17) is 8.83 Å². The van der Waals surface area contributed by atoms with Gasteiger partial charge in [-0.3, -0.25) is 9.36 Å². The first-order valence-electron chi connectivity index (χ1n) is 8.70. The quantitative estimate of drug-likeness (QED) is 0.276. The van der Waals surface area contributed by atoms with Gasteiger partial charge in [-0.25, -0.2) is 4.98 Å². The molecular weight excluding hydrogens is 376 g/mol. The van der Waals surface area contributed by atoms with E-state index in [2.05, 4.69) is 21.8 Å². The Labute approximate surface area is 165 Å². The standard InChI is InChI=1S/C20H18N4O3S/c1-4-9-24-19(25)14-7-5-6-8-16(14)21-20(24)28-11-17-22-23-18(27-17)15-10-12(2)26-13(15)3/h4-8,10H,1,9,11H2,2-3H3. The highest BCUT2D eigenvalue weighted by Gasteiger charge is 2.16. The number of nitrogens with zero attached hydrogens (tertiary/aromatic N) is 4. The summed E-state index contributed by atoms with van der Waals surface area (Å²) in [5.74, 6) is 2.78. The molecule has 0 N–H and O–H groups in total. The lowest BCUT2D eigenvalue weighted by atomic mass is 10.2. The Morgan fingerprint density at radius 1 is 1.21 bits per heavy atom. The molecule has 0 bridgehead atoms. The number of rotatable bonds is 6. The van der Waals surface area contributed by atoms with Gasteiger partial charge in [0, 0.05) is 6.54 Å². The van der Waals surface area contributed by atoms with Gasteiger partial charge < -0.3 is 8.83 Å². The van der Waals surface area contributed by atoms with Gasteiger partial charge in [0.25, 0.3) is 11.4 Å². The minimum absolute atomic E-state index is 0.0938. The predicted molar refractivity (Wildman–Crippen MR) is 107 cm³/mol. The van der Waals surface area contributed by atoms with E-state index in [9.17, 15) is 4.79 Å². The van der Waals surface area contributed by atoms with E-state index in [-0.39, 0.29) is 5.56 Å². The van der Waals surface area contributed by atoms with Crippen molar-refractivity contribution >= 4 is 22.7 Å². The van der Waals surface area contributed by atoms with Crippen molar-refractivity contribution < 1.29 is 8.83 Å². The number of hydrogen-bond acceptors (Lipinski definition) is 7. The Kier molecular flexibility index (Phi) is 4.87. The molecule has 0 fully saturated rings. The van der Waals surface area contributed by atoms with Gasteiger partial charge in [-0.1, -0.05) is 30.0 Å². The van der Waals surface area contributed by atoms with Crippen molar-refractivity contribution in [2.75, 3.05) is 0 Å². The highest BCUT2D eigenvalue weighted by atomic mass is 32.2. The van der Waals surface area contributed by atoms with E-state index in [0.29, 0.717) is 40.1 Å². The molecule has 0 saturated heterocycles. The third-order valence-corrected chi connectivity index (χ3v) is 5.16. The summed E-state index contributed by atoms with van der Waals surface area (Å²) in [4.78, 5) is 17.4. The second-order valence-electron chi connectivity index (χ2n) is 6.23. The molecule has 0 aliphatic heterocycles. The van der Waals surface area contributed by atoms with Gasteiger partial charge in [0.05, 0.1) is 22.2 Å². The number of fused-ring (bicyclic) bond motifs is 1. The zero-order chi connectivity index (χ0) is 19.7. The fourth-order valence-electron chi connectivity index (χ4n) is 2.94. The summed E-state index contributed by atoms with van der Waals surface area (Å²) in [5, 5.41) is 9.37. The van der Waals surface area contributed by atoms with Gasteiger partial charge in [0.1, 0.15) is 11.5 Å². The Morgan fingerprint density at radius 2 is 2.04 bits per heavy atom. The average molecular weight is 394 g/mol. The number of thioether (sulfide) groups is 1. The lowest BCUT2D eigenvalue weighted by Crippen LogP contribution is -2.22. The first-order valence-corrected chi connectivity index (χ1v) is 9.68. The third-order valence-electron chi connectivity index (χ3n) is 4.20. The molecule has 28 heavy (non-hydrogen) atoms. The summed E-state index contributed by atoms with van der Waals surface area (Å²) in [6.45, 7) is 7.84. The van der Waals surface area contributed by atoms with Crippen LogP contribution in [0.3, 0.4) is 0 Å². The van der Waals surface area contributed by atoms with Gasteiger partial charge in [-0.05, 0) is 32.0 Å². The fourth-order valence-corrected chi connectivity index (χ4v) is 3.78. The molecular formula is C20H18N4O3S. The van der Waals surface area contributed by atoms with Crippen LogP contribution in [0.2, 0.25) is 0 Å². The minimum atomic E-state index is -0.0938. The van der Waals surface area contributed by atoms with E-state index in [1.54, 1.807) is 16.7 Å². The van der Waals surface area contributed by atoms with E-state index in [0.717, 1.165) is 17.1 Å². The maximum atomic E-state index is 12.8. The van der Waals surface area contributed by atoms with Gasteiger partial charge in [0.2, 0.25) is 5.89 Å². The summed E-state index contributed by atoms with van der Waals surface area (Å²) in [6, 6.07) is 9.16. The van der Waals surface area contributed by atoms with Crippen LogP contribution in [-0.4, -0.2) is 19.7 Å². The van der Waals surface area contributed by atoms with E-state index in [1.807, 2.05) is 38.1 Å². The molecule has 0 aliphatic carbocycles. The van der Waals surface area contributed by atoms with Crippen molar-refractivity contribution in [2.45, 2.75) is 31.3 Å². The van der Waals surface area contributed by atoms with Gasteiger partial charge in [-0.2, -0.15) is 0 Å². The largest absolute Gasteiger partial charge is 0.466 e. The number of allylic oxidation sites excluding steroid dienone is 1. The Bertz CT molecular complexity index is 1220. The van der Waals surface area contributed by atoms with Crippen LogP contribution in [0.5, 0.6) is 0 Å². The lowest BCUT2D eigenvalue weighted by molar-refractivity contribution is 0.499. The van der Waals surface area contributed by atoms with Crippen molar-refractivity contribution in [1.29, 1.82) is 0 Å². The van der Waals surface area contributed by atoms with E-state index >= 15 is 0 Å². The Balaban J connectivity index is 1.62. The van der Waals surface area contributed by atoms with Gasteiger partial charge >= 0.3 is 0 Å². The van der Waals surface area contributed by atoms with Crippen molar-refractivity contribution in [3.63, 3.8) is 0 Å². The fraction of sp³-hybridized carbons (Fsp3) is 0.200. The third kappa shape index (κ3) is 3.38. The van der Waals surface area contributed by atoms with Crippen LogP contribution in [0.1, 0.15) is 17.4 Å². The molecule has 0 atom stereocenters. The van der Waals surface area contributed by atoms with E-state index in [1.165, 1.54) is 11.8 Å². The molecule has 4 rings (SSSR count). The number of hydrogen-bond donors (Lipinski definition) is 0. The average Bonchev–Trinajstić information content (AvgIpc) is 3.28. The summed E-state index contributed by atoms with van der Waals surface area (Å²) >= 11 is 1.37. The first kappa shape index (κ1) is 18.2. The maximum Gasteiger partial charge on any atom is 0.262 e. The molecule has 4 aromatic rings. The predicted octanol–water partition coefficient (Wildman–Crippen LogP) is 4.13. The van der Waals surface area contributed by atoms with Crippen LogP contribution >= 0.6 is 11.8 Å². The highest BCUT2D eigenvalue weighted by molar-refractivity contribution is 7.98. The van der Waals surface area contributed by atoms with Crippen LogP contribution in [-0.2, 0) is 12.3 Å². The summed E-state index contributed by atoms with van der Waals surface area (Å²) < 4.78 is 12.9. The van der Waals surface area contributed by atoms with Crippen LogP contribution in [0.4, 0.5) is 0 Å². The number of aryl methyl sites for hydroxylation is 2. The molecule has 0 unspecified atom stereocenters. The number of furan rings is 1. The van der Waals surface area contributed by atoms with Crippen LogP contribution in [0.15, 0.2) is 61.8 Å². The molecule has 0 radical (unpaired) electrons. The maximum absolute atomic E-state index is 12.8. The number of aromatic nitrogens is 4. The van der Waals surface area contributed by atoms with Crippen molar-refractivity contribution in [1.82, 2.24) is 19.7 Å². The molecule has 7 nitrogen and oxygen atoms in total. The smallest absolute Gasteiger partial charge is 0.262 e. The topological polar surface area (TPSA) is 86.9 Å². The molecule has 0 saturated carbocycles. The lowest BCUT2D eigenvalue weighted by Gasteiger charge is -2.10. The van der Waals surface area contributed by atoms with Gasteiger partial charge in [-0.15, -0.1) is 16.8 Å². The molecule has 3 heterocycles. The molecule has 0 amide bonds. The normalized spacial score (nSPS) is 11.2. The first-order chi connectivity index (χ1) is 13.6. The minimum Gasteiger partial charge on any atom is -0.466 e. The van der Waals surface area contributed by atoms with E-state index < -0.39 is 0 Å². The molecule has 0 aliphatic rings. The summed E-state index contributed by atoms with van der Waals surface area (Å²) in [5.41, 5.74) is 1.35. The summed E-state index contributed by atoms with van der Waals surface area (Å²) in [7, 11) is 0. The van der Waals surface area contributed by atoms with Crippen LogP contribution < -0.4 is 5.56 Å². The molecule has 142 valence electrons. The monoisotopic (exact) mass is 394 g/mol. The molecule has 8 heteroatoms. The van der Waals surface area contributed by atoms with Gasteiger partial charge in [0.15, 0.2) is 5.16 Å². The molecule has 1 aromatic carbocycles. The van der Waals surface area contributed by atoms with Crippen LogP contribution in [0.25, 0.3) is 22.4 Å². The SMILES string of the molecule is C=CCn1c(SCc2nnc(-c3cc(C)oc3C)o2)nc2ccccc2c1=O. The second kappa shape index (κ2) is 7.47. The molecule has 0 spiro atoms. The Morgan fingerprint density at radius 3 is 2.79 bits per heavy atom. The number of benzene rings is 1. The van der Waals surface area contributed by atoms with Crippen molar-refractivity contribution in [3.05, 3.63) is 70.8 Å². The van der Waals surface area contributed by atoms with Crippen molar-refractivity contribution in [2.24, 2.45) is 0 Å². The second-order valence-corrected chi connectivity index (χ2v) is 7.17. The number of para-hydroxylation sites is 1. The highest BCUT2D eigenvalue weighted by Crippen LogP contribution is 2.27. The zero-order valence-corrected chi connectivity index (χ0v) is 16.3. The Hall–Kier alpha value is -3.13. The van der Waals surface area contributed by atoms with Crippen LogP contribution in [0, 0.1) is 13.8 Å².